The lowest BCUT2D eigenvalue weighted by atomic mass is 10.0. The number of ether oxygens (including phenoxy) is 1. The van der Waals surface area contributed by atoms with Crippen molar-refractivity contribution >= 4 is 17.2 Å². The van der Waals surface area contributed by atoms with Gasteiger partial charge in [0.1, 0.15) is 11.5 Å². The normalized spacial score (nSPS) is 12.0. The smallest absolute Gasteiger partial charge is 0.225 e. The molecule has 0 unspecified atom stereocenters. The van der Waals surface area contributed by atoms with Crippen LogP contribution in [0.4, 0.5) is 0 Å². The second-order valence-electron chi connectivity index (χ2n) is 5.76. The predicted molar refractivity (Wildman–Crippen MR) is 97.8 cm³/mol. The minimum atomic E-state index is -0.183. The maximum Gasteiger partial charge on any atom is 0.225 e. The van der Waals surface area contributed by atoms with Crippen LogP contribution in [-0.4, -0.2) is 18.0 Å². The largest absolute Gasteiger partial charge is 0.496 e. The van der Waals surface area contributed by atoms with Crippen LogP contribution in [0.5, 0.6) is 5.75 Å². The van der Waals surface area contributed by atoms with Gasteiger partial charge in [0.05, 0.1) is 36.5 Å². The van der Waals surface area contributed by atoms with Crippen LogP contribution in [0.2, 0.25) is 0 Å². The first-order valence-corrected chi connectivity index (χ1v) is 8.87. The van der Waals surface area contributed by atoms with Gasteiger partial charge in [0.2, 0.25) is 5.91 Å². The number of methoxy groups -OCH3 is 1. The monoisotopic (exact) mass is 356 g/mol. The number of carbonyl (C=O) groups is 1. The van der Waals surface area contributed by atoms with Crippen molar-refractivity contribution in [3.8, 4) is 17.0 Å². The quantitative estimate of drug-likeness (QED) is 0.721. The number of thiazole rings is 1. The van der Waals surface area contributed by atoms with Crippen molar-refractivity contribution in [3.63, 3.8) is 0 Å². The van der Waals surface area contributed by atoms with Crippen molar-refractivity contribution in [1.29, 1.82) is 0 Å². The van der Waals surface area contributed by atoms with E-state index >= 15 is 0 Å². The fourth-order valence-corrected chi connectivity index (χ4v) is 3.27. The molecule has 6 heteroatoms. The fourth-order valence-electron chi connectivity index (χ4n) is 2.65. The van der Waals surface area contributed by atoms with Crippen LogP contribution in [0, 0.1) is 6.92 Å². The maximum absolute atomic E-state index is 12.4. The lowest BCUT2D eigenvalue weighted by Crippen LogP contribution is -2.28. The van der Waals surface area contributed by atoms with Crippen LogP contribution in [0.25, 0.3) is 11.3 Å². The number of carbonyl (C=O) groups excluding carboxylic acids is 1. The Balaban J connectivity index is 1.77. The summed E-state index contributed by atoms with van der Waals surface area (Å²) in [5, 5.41) is 5.97. The van der Waals surface area contributed by atoms with Crippen molar-refractivity contribution in [2.24, 2.45) is 0 Å². The van der Waals surface area contributed by atoms with Gasteiger partial charge in [0.25, 0.3) is 0 Å². The molecule has 1 atom stereocenters. The van der Waals surface area contributed by atoms with Gasteiger partial charge in [0.15, 0.2) is 0 Å². The summed E-state index contributed by atoms with van der Waals surface area (Å²) in [7, 11) is 1.61. The first-order valence-electron chi connectivity index (χ1n) is 7.99. The highest BCUT2D eigenvalue weighted by molar-refractivity contribution is 7.09. The molecule has 0 aliphatic heterocycles. The molecule has 1 aromatic carbocycles. The van der Waals surface area contributed by atoms with E-state index < -0.39 is 0 Å². The molecular weight excluding hydrogens is 336 g/mol. The van der Waals surface area contributed by atoms with Crippen molar-refractivity contribution < 1.29 is 13.9 Å². The highest BCUT2D eigenvalue weighted by Gasteiger charge is 2.15. The number of amides is 1. The molecule has 1 N–H and O–H groups in total. The molecule has 3 aromatic rings. The Morgan fingerprint density at radius 2 is 2.24 bits per heavy atom. The molecule has 0 radical (unpaired) electrons. The van der Waals surface area contributed by atoms with E-state index in [9.17, 15) is 4.79 Å². The van der Waals surface area contributed by atoms with E-state index in [1.165, 1.54) is 0 Å². The third kappa shape index (κ3) is 4.09. The summed E-state index contributed by atoms with van der Waals surface area (Å²) in [6.45, 7) is 3.87. The zero-order valence-electron chi connectivity index (χ0n) is 14.4. The minimum Gasteiger partial charge on any atom is -0.496 e. The molecule has 2 heterocycles. The van der Waals surface area contributed by atoms with E-state index in [-0.39, 0.29) is 18.4 Å². The molecule has 0 bridgehead atoms. The molecule has 25 heavy (non-hydrogen) atoms. The Bertz CT molecular complexity index is 855. The Morgan fingerprint density at radius 1 is 1.40 bits per heavy atom. The van der Waals surface area contributed by atoms with Crippen LogP contribution in [0.3, 0.4) is 0 Å². The van der Waals surface area contributed by atoms with Gasteiger partial charge in [-0.05, 0) is 44.2 Å². The molecule has 0 saturated carbocycles. The average Bonchev–Trinajstić information content (AvgIpc) is 3.26. The first kappa shape index (κ1) is 17.2. The number of aromatic nitrogens is 1. The summed E-state index contributed by atoms with van der Waals surface area (Å²) >= 11 is 1.60. The summed E-state index contributed by atoms with van der Waals surface area (Å²) < 4.78 is 10.7. The minimum absolute atomic E-state index is 0.0891. The van der Waals surface area contributed by atoms with Crippen LogP contribution in [-0.2, 0) is 11.2 Å². The number of rotatable bonds is 6. The van der Waals surface area contributed by atoms with E-state index in [0.717, 1.165) is 27.6 Å². The summed E-state index contributed by atoms with van der Waals surface area (Å²) in [5.41, 5.74) is 2.72. The van der Waals surface area contributed by atoms with Crippen LogP contribution in [0.1, 0.15) is 29.3 Å². The van der Waals surface area contributed by atoms with Gasteiger partial charge in [-0.2, -0.15) is 0 Å². The van der Waals surface area contributed by atoms with E-state index in [2.05, 4.69) is 10.3 Å². The highest BCUT2D eigenvalue weighted by Crippen LogP contribution is 2.28. The molecule has 130 valence electrons. The summed E-state index contributed by atoms with van der Waals surface area (Å²) in [4.78, 5) is 16.9. The standard InChI is InChI=1S/C19H20N2O3S/c1-12(17-5-4-8-24-17)20-19(22)10-15-9-14(6-7-18(15)23-3)16-11-25-13(2)21-16/h4-9,11-12H,10H2,1-3H3,(H,20,22)/t12-/m0/s1. The molecule has 1 amide bonds. The van der Waals surface area contributed by atoms with E-state index in [4.69, 9.17) is 9.15 Å². The van der Waals surface area contributed by atoms with E-state index in [1.54, 1.807) is 30.8 Å². The van der Waals surface area contributed by atoms with E-state index in [1.807, 2.05) is 43.5 Å². The number of nitrogens with one attached hydrogen (secondary N) is 1. The van der Waals surface area contributed by atoms with Crippen molar-refractivity contribution in [2.45, 2.75) is 26.3 Å². The summed E-state index contributed by atoms with van der Waals surface area (Å²) in [5.74, 6) is 1.33. The second-order valence-corrected chi connectivity index (χ2v) is 6.82. The van der Waals surface area contributed by atoms with Gasteiger partial charge in [0, 0.05) is 16.5 Å². The Kier molecular flexibility index (Phi) is 5.19. The van der Waals surface area contributed by atoms with Crippen molar-refractivity contribution in [1.82, 2.24) is 10.3 Å². The molecule has 3 rings (SSSR count). The number of nitrogens with zero attached hydrogens (tertiary/aromatic N) is 1. The topological polar surface area (TPSA) is 64.4 Å². The SMILES string of the molecule is COc1ccc(-c2csc(C)n2)cc1CC(=O)N[C@@H](C)c1ccco1. The van der Waals surface area contributed by atoms with Crippen molar-refractivity contribution in [3.05, 3.63) is 58.3 Å². The predicted octanol–water partition coefficient (Wildman–Crippen LogP) is 4.14. The van der Waals surface area contributed by atoms with Gasteiger partial charge < -0.3 is 14.5 Å². The zero-order chi connectivity index (χ0) is 17.8. The molecular formula is C19H20N2O3S. The molecule has 2 aromatic heterocycles. The summed E-state index contributed by atoms with van der Waals surface area (Å²) in [6, 6.07) is 9.27. The Hall–Kier alpha value is -2.60. The third-order valence-electron chi connectivity index (χ3n) is 3.89. The van der Waals surface area contributed by atoms with Gasteiger partial charge in [-0.1, -0.05) is 0 Å². The molecule has 0 fully saturated rings. The number of aryl methyl sites for hydroxylation is 1. The third-order valence-corrected chi connectivity index (χ3v) is 4.67. The average molecular weight is 356 g/mol. The molecule has 0 saturated heterocycles. The number of hydrogen-bond acceptors (Lipinski definition) is 5. The zero-order valence-corrected chi connectivity index (χ0v) is 15.2. The van der Waals surface area contributed by atoms with Gasteiger partial charge in [-0.15, -0.1) is 11.3 Å². The van der Waals surface area contributed by atoms with Gasteiger partial charge in [-0.3, -0.25) is 4.79 Å². The molecule has 0 spiro atoms. The van der Waals surface area contributed by atoms with Gasteiger partial charge >= 0.3 is 0 Å². The number of benzene rings is 1. The Labute approximate surface area is 150 Å². The molecule has 0 aliphatic rings. The number of hydrogen-bond donors (Lipinski definition) is 1. The van der Waals surface area contributed by atoms with Crippen LogP contribution in [0.15, 0.2) is 46.4 Å². The lowest BCUT2D eigenvalue weighted by Gasteiger charge is -2.13. The van der Waals surface area contributed by atoms with Crippen LogP contribution >= 0.6 is 11.3 Å². The first-order chi connectivity index (χ1) is 12.1. The summed E-state index contributed by atoms with van der Waals surface area (Å²) in [6.07, 6.45) is 1.82. The van der Waals surface area contributed by atoms with Gasteiger partial charge in [-0.25, -0.2) is 4.98 Å². The molecule has 5 nitrogen and oxygen atoms in total. The molecule has 0 aliphatic carbocycles. The van der Waals surface area contributed by atoms with Crippen molar-refractivity contribution in [2.75, 3.05) is 7.11 Å². The van der Waals surface area contributed by atoms with E-state index in [0.29, 0.717) is 5.75 Å². The highest BCUT2D eigenvalue weighted by atomic mass is 32.1. The maximum atomic E-state index is 12.4. The Morgan fingerprint density at radius 3 is 2.88 bits per heavy atom. The van der Waals surface area contributed by atoms with Crippen LogP contribution < -0.4 is 10.1 Å². The second kappa shape index (κ2) is 7.53. The fraction of sp³-hybridized carbons (Fsp3) is 0.263. The number of furan rings is 1. The lowest BCUT2D eigenvalue weighted by molar-refractivity contribution is -0.121.